The number of nitrogens with zero attached hydrogens (tertiary/aromatic N) is 5. The lowest BCUT2D eigenvalue weighted by molar-refractivity contribution is 0.0947. The number of fused-ring (bicyclic) bond motifs is 3. The molecule has 0 saturated heterocycles. The van der Waals surface area contributed by atoms with Gasteiger partial charge < -0.3 is 15.2 Å². The summed E-state index contributed by atoms with van der Waals surface area (Å²) in [6.07, 6.45) is 10.4. The van der Waals surface area contributed by atoms with Crippen LogP contribution < -0.4 is 10.6 Å². The van der Waals surface area contributed by atoms with Gasteiger partial charge >= 0.3 is 0 Å². The molecule has 0 unspecified atom stereocenters. The Morgan fingerprint density at radius 1 is 1.25 bits per heavy atom. The summed E-state index contributed by atoms with van der Waals surface area (Å²) in [6.45, 7) is 2.07. The van der Waals surface area contributed by atoms with Gasteiger partial charge in [-0.15, -0.1) is 0 Å². The first-order chi connectivity index (χ1) is 13.8. The molecule has 5 rings (SSSR count). The molecule has 8 heteroatoms. The molecule has 0 aromatic carbocycles. The largest absolute Gasteiger partial charge is 0.354 e. The smallest absolute Gasteiger partial charge is 0.272 e. The van der Waals surface area contributed by atoms with E-state index in [0.29, 0.717) is 18.2 Å². The summed E-state index contributed by atoms with van der Waals surface area (Å²) < 4.78 is 2.00. The monoisotopic (exact) mass is 375 g/mol. The highest BCUT2D eigenvalue weighted by Gasteiger charge is 2.27. The summed E-state index contributed by atoms with van der Waals surface area (Å²) in [6, 6.07) is 3.78. The molecule has 2 aliphatic rings. The van der Waals surface area contributed by atoms with Gasteiger partial charge in [0.1, 0.15) is 5.69 Å². The van der Waals surface area contributed by atoms with Crippen molar-refractivity contribution in [3.05, 3.63) is 53.9 Å². The molecule has 2 N–H and O–H groups in total. The van der Waals surface area contributed by atoms with Crippen LogP contribution in [0.25, 0.3) is 11.4 Å². The second kappa shape index (κ2) is 7.03. The number of aryl methyl sites for hydroxylation is 2. The van der Waals surface area contributed by atoms with Crippen LogP contribution in [-0.4, -0.2) is 37.0 Å². The minimum absolute atomic E-state index is 0.212. The zero-order valence-electron chi connectivity index (χ0n) is 15.4. The number of rotatable bonds is 6. The number of imidazole rings is 1. The molecular weight excluding hydrogens is 354 g/mol. The molecule has 28 heavy (non-hydrogen) atoms. The van der Waals surface area contributed by atoms with Crippen LogP contribution in [0.3, 0.4) is 0 Å². The zero-order valence-corrected chi connectivity index (χ0v) is 15.4. The van der Waals surface area contributed by atoms with Crippen molar-refractivity contribution in [2.45, 2.75) is 32.4 Å². The molecule has 0 radical (unpaired) electrons. The van der Waals surface area contributed by atoms with Crippen LogP contribution >= 0.6 is 0 Å². The van der Waals surface area contributed by atoms with Gasteiger partial charge in [-0.05, 0) is 36.8 Å². The number of anilines is 1. The van der Waals surface area contributed by atoms with E-state index in [9.17, 15) is 4.79 Å². The number of amides is 1. The molecule has 1 aliphatic heterocycles. The molecule has 1 amide bonds. The van der Waals surface area contributed by atoms with Crippen LogP contribution in [0.5, 0.6) is 0 Å². The van der Waals surface area contributed by atoms with Crippen LogP contribution in [0, 0.1) is 5.92 Å². The molecule has 1 saturated carbocycles. The van der Waals surface area contributed by atoms with Crippen molar-refractivity contribution < 1.29 is 4.79 Å². The Hall–Kier alpha value is -3.29. The van der Waals surface area contributed by atoms with Crippen molar-refractivity contribution in [2.24, 2.45) is 5.92 Å². The molecule has 4 heterocycles. The molecule has 0 bridgehead atoms. The summed E-state index contributed by atoms with van der Waals surface area (Å²) in [4.78, 5) is 30.4. The lowest BCUT2D eigenvalue weighted by atomic mass is 10.0. The van der Waals surface area contributed by atoms with Crippen molar-refractivity contribution in [3.8, 4) is 11.4 Å². The summed E-state index contributed by atoms with van der Waals surface area (Å²) in [5, 5.41) is 6.25. The van der Waals surface area contributed by atoms with Crippen LogP contribution in [0.4, 0.5) is 5.95 Å². The highest BCUT2D eigenvalue weighted by Crippen LogP contribution is 2.31. The standard InChI is InChI=1S/C20H21N7O/c28-19(22-10-14-2-1-6-21-8-14)17-18-16-15(5-7-27(18)12-25-17)11-24-20(26-16)23-9-13-3-4-13/h1-2,6,8,11-13H,3-5,7,9-10H2,(H,22,28)(H,23,24,26). The molecular formula is C20H21N7O. The van der Waals surface area contributed by atoms with E-state index in [-0.39, 0.29) is 5.91 Å². The van der Waals surface area contributed by atoms with Gasteiger partial charge in [-0.3, -0.25) is 9.78 Å². The lowest BCUT2D eigenvalue weighted by Gasteiger charge is -2.19. The summed E-state index contributed by atoms with van der Waals surface area (Å²) >= 11 is 0. The maximum Gasteiger partial charge on any atom is 0.272 e. The first-order valence-corrected chi connectivity index (χ1v) is 9.60. The highest BCUT2D eigenvalue weighted by atomic mass is 16.1. The SMILES string of the molecule is O=C(NCc1cccnc1)c1ncn2c1-c1nc(NCC3CC3)ncc1CC2. The van der Waals surface area contributed by atoms with E-state index in [2.05, 4.69) is 25.6 Å². The minimum Gasteiger partial charge on any atom is -0.354 e. The third-order valence-electron chi connectivity index (χ3n) is 5.19. The van der Waals surface area contributed by atoms with E-state index < -0.39 is 0 Å². The molecule has 1 fully saturated rings. The Labute approximate surface area is 162 Å². The highest BCUT2D eigenvalue weighted by molar-refractivity contribution is 5.98. The first kappa shape index (κ1) is 16.9. The molecule has 1 aliphatic carbocycles. The number of hydrogen-bond donors (Lipinski definition) is 2. The maximum absolute atomic E-state index is 12.8. The van der Waals surface area contributed by atoms with E-state index in [4.69, 9.17) is 4.98 Å². The summed E-state index contributed by atoms with van der Waals surface area (Å²) in [7, 11) is 0. The fourth-order valence-electron chi connectivity index (χ4n) is 3.41. The van der Waals surface area contributed by atoms with Crippen molar-refractivity contribution >= 4 is 11.9 Å². The minimum atomic E-state index is -0.212. The normalized spacial score (nSPS) is 14.9. The molecule has 0 atom stereocenters. The van der Waals surface area contributed by atoms with E-state index in [1.54, 1.807) is 18.7 Å². The van der Waals surface area contributed by atoms with E-state index in [1.807, 2.05) is 22.9 Å². The van der Waals surface area contributed by atoms with Gasteiger partial charge in [-0.2, -0.15) is 0 Å². The third-order valence-corrected chi connectivity index (χ3v) is 5.19. The lowest BCUT2D eigenvalue weighted by Crippen LogP contribution is -2.25. The van der Waals surface area contributed by atoms with E-state index >= 15 is 0 Å². The van der Waals surface area contributed by atoms with Crippen LogP contribution in [0.15, 0.2) is 37.1 Å². The number of hydrogen-bond acceptors (Lipinski definition) is 6. The van der Waals surface area contributed by atoms with Crippen LogP contribution in [-0.2, 0) is 19.5 Å². The van der Waals surface area contributed by atoms with Crippen LogP contribution in [0.1, 0.15) is 34.5 Å². The second-order valence-electron chi connectivity index (χ2n) is 7.32. The number of pyridine rings is 1. The quantitative estimate of drug-likeness (QED) is 0.684. The molecule has 142 valence electrons. The van der Waals surface area contributed by atoms with Crippen molar-refractivity contribution in [3.63, 3.8) is 0 Å². The van der Waals surface area contributed by atoms with Gasteiger partial charge in [0.15, 0.2) is 5.69 Å². The Bertz CT molecular complexity index is 1010. The van der Waals surface area contributed by atoms with Crippen molar-refractivity contribution in [1.29, 1.82) is 0 Å². The predicted molar refractivity (Wildman–Crippen MR) is 104 cm³/mol. The first-order valence-electron chi connectivity index (χ1n) is 9.60. The topological polar surface area (TPSA) is 97.6 Å². The van der Waals surface area contributed by atoms with Gasteiger partial charge in [0.05, 0.1) is 12.0 Å². The maximum atomic E-state index is 12.8. The van der Waals surface area contributed by atoms with Gasteiger partial charge in [0, 0.05) is 43.8 Å². The summed E-state index contributed by atoms with van der Waals surface area (Å²) in [5.41, 5.74) is 3.95. The number of carbonyl (C=O) groups is 1. The Morgan fingerprint density at radius 2 is 2.18 bits per heavy atom. The third kappa shape index (κ3) is 3.33. The average molecular weight is 375 g/mol. The molecule has 8 nitrogen and oxygen atoms in total. The fraction of sp³-hybridized carbons (Fsp3) is 0.350. The van der Waals surface area contributed by atoms with E-state index in [0.717, 1.165) is 47.9 Å². The van der Waals surface area contributed by atoms with Crippen molar-refractivity contribution in [2.75, 3.05) is 11.9 Å². The molecule has 0 spiro atoms. The number of carbonyl (C=O) groups excluding carboxylic acids is 1. The number of aromatic nitrogens is 5. The van der Waals surface area contributed by atoms with Gasteiger partial charge in [0.25, 0.3) is 5.91 Å². The Morgan fingerprint density at radius 3 is 3.00 bits per heavy atom. The zero-order chi connectivity index (χ0) is 18.9. The van der Waals surface area contributed by atoms with Crippen molar-refractivity contribution in [1.82, 2.24) is 29.8 Å². The van der Waals surface area contributed by atoms with Gasteiger partial charge in [0.2, 0.25) is 5.95 Å². The van der Waals surface area contributed by atoms with Crippen LogP contribution in [0.2, 0.25) is 0 Å². The van der Waals surface area contributed by atoms with Gasteiger partial charge in [-0.1, -0.05) is 6.07 Å². The second-order valence-corrected chi connectivity index (χ2v) is 7.32. The summed E-state index contributed by atoms with van der Waals surface area (Å²) in [5.74, 6) is 1.14. The fourth-order valence-corrected chi connectivity index (χ4v) is 3.41. The Kier molecular flexibility index (Phi) is 4.23. The average Bonchev–Trinajstić information content (AvgIpc) is 3.47. The Balaban J connectivity index is 1.40. The molecule has 3 aromatic heterocycles. The van der Waals surface area contributed by atoms with E-state index in [1.165, 1.54) is 12.8 Å². The number of nitrogens with one attached hydrogen (secondary N) is 2. The predicted octanol–water partition coefficient (Wildman–Crippen LogP) is 2.04. The van der Waals surface area contributed by atoms with Gasteiger partial charge in [-0.25, -0.2) is 15.0 Å². The molecule has 3 aromatic rings.